The zero-order valence-electron chi connectivity index (χ0n) is 34.7. The Labute approximate surface area is 370 Å². The Morgan fingerprint density at radius 3 is 1.30 bits per heavy atom. The van der Waals surface area contributed by atoms with Gasteiger partial charge in [-0.1, -0.05) is 126 Å². The number of carbonyl (C=O) groups is 4. The minimum absolute atomic E-state index is 0.174. The van der Waals surface area contributed by atoms with Crippen LogP contribution in [0.15, 0.2) is 90.9 Å². The molecule has 0 fully saturated rings. The van der Waals surface area contributed by atoms with Crippen LogP contribution in [-0.4, -0.2) is 49.5 Å². The molecule has 12 heteroatoms. The summed E-state index contributed by atoms with van der Waals surface area (Å²) >= 11 is 13.9. The maximum atomic E-state index is 13.0. The van der Waals surface area contributed by atoms with E-state index >= 15 is 0 Å². The monoisotopic (exact) mass is 882 g/mol. The number of thioether (sulfide) groups is 1. The minimum Gasteiger partial charge on any atom is -0.492 e. The topological polar surface area (TPSA) is 114 Å². The highest BCUT2D eigenvalue weighted by atomic mass is 35.5. The van der Waals surface area contributed by atoms with E-state index in [4.69, 9.17) is 46.9 Å². The van der Waals surface area contributed by atoms with Crippen molar-refractivity contribution in [1.29, 1.82) is 0 Å². The van der Waals surface area contributed by atoms with Crippen LogP contribution in [-0.2, 0) is 19.1 Å². The van der Waals surface area contributed by atoms with E-state index in [1.54, 1.807) is 54.6 Å². The molecule has 0 N–H and O–H groups in total. The Hall–Kier alpha value is -4.25. The predicted molar refractivity (Wildman–Crippen MR) is 241 cm³/mol. The molecule has 0 aromatic heterocycles. The molecular weight excluding hydrogens is 823 g/mol. The molecule has 0 radical (unpaired) electrons. The second kappa shape index (κ2) is 30.7. The van der Waals surface area contributed by atoms with E-state index in [9.17, 15) is 19.2 Å². The Kier molecular flexibility index (Phi) is 25.7. The summed E-state index contributed by atoms with van der Waals surface area (Å²) < 4.78 is 27.3. The molecule has 0 saturated heterocycles. The molecule has 3 aromatic rings. The van der Waals surface area contributed by atoms with Gasteiger partial charge < -0.3 is 23.7 Å². The van der Waals surface area contributed by atoms with Gasteiger partial charge in [0.1, 0.15) is 17.2 Å². The Morgan fingerprint density at radius 1 is 0.500 bits per heavy atom. The first kappa shape index (κ1) is 50.1. The van der Waals surface area contributed by atoms with Gasteiger partial charge in [-0.15, -0.1) is 0 Å². The molecule has 0 aliphatic heterocycles. The number of ether oxygens (including phenoxy) is 5. The molecule has 0 atom stereocenters. The molecule has 0 unspecified atom stereocenters. The summed E-state index contributed by atoms with van der Waals surface area (Å²) in [6.45, 7) is 8.79. The standard InChI is InChI=1S/C48H60Cl2O9S/c1-3-45(51)57-33-21-17-13-9-5-7-11-15-19-31-55-43-29-23-37(35-41(43)49)47(53)59-39-25-27-40(28-26-39)60-48(54)38-24-30-44(42(50)36-38)56-32-20-16-12-8-6-10-14-18-22-34-58-46(52)4-2/h3-4,23-30,35-36H,1-2,5-22,31-34H2. The molecule has 0 heterocycles. The summed E-state index contributed by atoms with van der Waals surface area (Å²) in [5, 5.41) is 0.547. The van der Waals surface area contributed by atoms with Gasteiger partial charge in [0.15, 0.2) is 0 Å². The molecule has 0 saturated carbocycles. The van der Waals surface area contributed by atoms with Gasteiger partial charge in [-0.2, -0.15) is 0 Å². The molecule has 0 amide bonds. The average molecular weight is 884 g/mol. The summed E-state index contributed by atoms with van der Waals surface area (Å²) in [5.74, 6) is 0.128. The van der Waals surface area contributed by atoms with Crippen LogP contribution in [0.4, 0.5) is 0 Å². The maximum absolute atomic E-state index is 13.0. The third-order valence-corrected chi connectivity index (χ3v) is 11.0. The lowest BCUT2D eigenvalue weighted by molar-refractivity contribution is -0.138. The molecule has 0 bridgehead atoms. The van der Waals surface area contributed by atoms with Crippen molar-refractivity contribution < 1.29 is 42.9 Å². The van der Waals surface area contributed by atoms with Gasteiger partial charge in [0, 0.05) is 22.6 Å². The first-order chi connectivity index (χ1) is 29.2. The summed E-state index contributed by atoms with van der Waals surface area (Å²) in [6, 6.07) is 16.6. The SMILES string of the molecule is C=CC(=O)OCCCCCCCCCCCOc1ccc(C(=O)Oc2ccc(SC(=O)c3ccc(OCCCCCCCCCCCOC(=O)C=C)c(Cl)c3)cc2)cc1Cl. The summed E-state index contributed by atoms with van der Waals surface area (Å²) in [5.41, 5.74) is 0.751. The number of hydrogen-bond donors (Lipinski definition) is 0. The molecule has 0 aliphatic rings. The van der Waals surface area contributed by atoms with Gasteiger partial charge in [-0.3, -0.25) is 4.79 Å². The van der Waals surface area contributed by atoms with E-state index in [0.717, 1.165) is 88.8 Å². The number of carbonyl (C=O) groups excluding carboxylic acids is 4. The van der Waals surface area contributed by atoms with Crippen LogP contribution in [0, 0.1) is 0 Å². The number of rotatable bonds is 32. The van der Waals surface area contributed by atoms with Gasteiger partial charge >= 0.3 is 17.9 Å². The van der Waals surface area contributed by atoms with Gasteiger partial charge in [0.05, 0.1) is 42.0 Å². The number of hydrogen-bond acceptors (Lipinski definition) is 10. The van der Waals surface area contributed by atoms with Crippen molar-refractivity contribution in [3.8, 4) is 17.2 Å². The van der Waals surface area contributed by atoms with Crippen molar-refractivity contribution in [2.45, 2.75) is 120 Å². The lowest BCUT2D eigenvalue weighted by atomic mass is 10.1. The van der Waals surface area contributed by atoms with E-state index in [1.807, 2.05) is 0 Å². The van der Waals surface area contributed by atoms with Gasteiger partial charge in [-0.05, 0) is 98.1 Å². The van der Waals surface area contributed by atoms with E-state index in [0.29, 0.717) is 69.7 Å². The third-order valence-electron chi connectivity index (χ3n) is 9.49. The van der Waals surface area contributed by atoms with Crippen LogP contribution in [0.2, 0.25) is 10.0 Å². The minimum atomic E-state index is -0.557. The Bertz CT molecular complexity index is 1650. The molecule has 326 valence electrons. The summed E-state index contributed by atoms with van der Waals surface area (Å²) in [6.07, 6.45) is 21.9. The van der Waals surface area contributed by atoms with Crippen LogP contribution >= 0.6 is 35.0 Å². The van der Waals surface area contributed by atoms with Crippen LogP contribution < -0.4 is 14.2 Å². The predicted octanol–water partition coefficient (Wildman–Crippen LogP) is 13.4. The van der Waals surface area contributed by atoms with E-state index in [1.165, 1.54) is 56.7 Å². The van der Waals surface area contributed by atoms with E-state index in [2.05, 4.69) is 13.2 Å². The van der Waals surface area contributed by atoms with Gasteiger partial charge in [0.2, 0.25) is 5.12 Å². The van der Waals surface area contributed by atoms with Crippen molar-refractivity contribution in [2.75, 3.05) is 26.4 Å². The molecule has 0 aliphatic carbocycles. The fourth-order valence-corrected chi connectivity index (χ4v) is 7.31. The number of esters is 3. The first-order valence-corrected chi connectivity index (χ1v) is 22.7. The third kappa shape index (κ3) is 21.3. The summed E-state index contributed by atoms with van der Waals surface area (Å²) in [7, 11) is 0. The number of benzene rings is 3. The molecule has 60 heavy (non-hydrogen) atoms. The molecular formula is C48H60Cl2O9S. The fraction of sp³-hybridized carbons (Fsp3) is 0.458. The average Bonchev–Trinajstić information content (AvgIpc) is 3.25. The van der Waals surface area contributed by atoms with E-state index in [-0.39, 0.29) is 17.1 Å². The van der Waals surface area contributed by atoms with Crippen molar-refractivity contribution in [3.63, 3.8) is 0 Å². The van der Waals surface area contributed by atoms with Crippen molar-refractivity contribution in [2.24, 2.45) is 0 Å². The molecule has 3 rings (SSSR count). The van der Waals surface area contributed by atoms with Crippen LogP contribution in [0.25, 0.3) is 0 Å². The molecule has 9 nitrogen and oxygen atoms in total. The van der Waals surface area contributed by atoms with Gasteiger partial charge in [-0.25, -0.2) is 14.4 Å². The van der Waals surface area contributed by atoms with E-state index < -0.39 is 5.97 Å². The van der Waals surface area contributed by atoms with Crippen molar-refractivity contribution in [1.82, 2.24) is 0 Å². The number of unbranched alkanes of at least 4 members (excludes halogenated alkanes) is 16. The maximum Gasteiger partial charge on any atom is 0.343 e. The lowest BCUT2D eigenvalue weighted by Gasteiger charge is -2.10. The van der Waals surface area contributed by atoms with Crippen molar-refractivity contribution in [3.05, 3.63) is 107 Å². The first-order valence-electron chi connectivity index (χ1n) is 21.2. The van der Waals surface area contributed by atoms with Crippen LogP contribution in [0.5, 0.6) is 17.2 Å². The van der Waals surface area contributed by atoms with Crippen LogP contribution in [0.3, 0.4) is 0 Å². The zero-order valence-corrected chi connectivity index (χ0v) is 37.1. The molecule has 3 aromatic carbocycles. The second-order valence-electron chi connectivity index (χ2n) is 14.3. The highest BCUT2D eigenvalue weighted by Gasteiger charge is 2.15. The highest BCUT2D eigenvalue weighted by Crippen LogP contribution is 2.31. The quantitative estimate of drug-likeness (QED) is 0.0197. The zero-order chi connectivity index (χ0) is 43.2. The fourth-order valence-electron chi connectivity index (χ4n) is 6.11. The van der Waals surface area contributed by atoms with Crippen molar-refractivity contribution >= 4 is 58.0 Å². The largest absolute Gasteiger partial charge is 0.492 e. The Balaban J connectivity index is 1.26. The smallest absolute Gasteiger partial charge is 0.343 e. The normalized spacial score (nSPS) is 10.8. The lowest BCUT2D eigenvalue weighted by Crippen LogP contribution is -2.08. The number of halogens is 2. The van der Waals surface area contributed by atoms with Gasteiger partial charge in [0.25, 0.3) is 0 Å². The van der Waals surface area contributed by atoms with Crippen LogP contribution in [0.1, 0.15) is 136 Å². The summed E-state index contributed by atoms with van der Waals surface area (Å²) in [4.78, 5) is 48.6. The second-order valence-corrected chi connectivity index (χ2v) is 16.2. The Morgan fingerprint density at radius 2 is 0.883 bits per heavy atom. The molecule has 0 spiro atoms. The highest BCUT2D eigenvalue weighted by molar-refractivity contribution is 8.14.